The van der Waals surface area contributed by atoms with Gasteiger partial charge in [-0.1, -0.05) is 18.1 Å². The van der Waals surface area contributed by atoms with Gasteiger partial charge < -0.3 is 29.3 Å². The van der Waals surface area contributed by atoms with E-state index in [1.165, 1.54) is 40.6 Å². The number of fused-ring (bicyclic) bond motifs is 4. The molecule has 9 heterocycles. The van der Waals surface area contributed by atoms with E-state index in [0.717, 1.165) is 95.9 Å². The van der Waals surface area contributed by atoms with E-state index in [9.17, 15) is 29.5 Å². The molecule has 0 spiro atoms. The number of aryl methyl sites for hydroxylation is 1. The van der Waals surface area contributed by atoms with Gasteiger partial charge in [-0.05, 0) is 150 Å². The number of piperidine rings is 3. The molecule has 20 heteroatoms. The number of carbonyl (C=O) groups is 3. The Bertz CT molecular complexity index is 3590. The van der Waals surface area contributed by atoms with Crippen molar-refractivity contribution >= 4 is 56.4 Å². The molecule has 0 aliphatic carbocycles. The van der Waals surface area contributed by atoms with E-state index >= 15 is 8.78 Å². The molecule has 2 unspecified atom stereocenters. The summed E-state index contributed by atoms with van der Waals surface area (Å²) < 4.78 is 48.1. The third-order valence-electron chi connectivity index (χ3n) is 18.3. The summed E-state index contributed by atoms with van der Waals surface area (Å²) in [4.78, 5) is 74.4. The Labute approximate surface area is 461 Å². The zero-order valence-corrected chi connectivity index (χ0v) is 45.0. The summed E-state index contributed by atoms with van der Waals surface area (Å²) in [7, 11) is 1.73. The lowest BCUT2D eigenvalue weighted by molar-refractivity contribution is -0.135. The molecule has 3 aromatic carbocycles. The molecule has 416 valence electrons. The van der Waals surface area contributed by atoms with Crippen LogP contribution in [0, 0.1) is 47.1 Å². The minimum atomic E-state index is -0.810. The summed E-state index contributed by atoms with van der Waals surface area (Å²) in [6.45, 7) is 6.55. The minimum absolute atomic E-state index is 0.00237. The lowest BCUT2D eigenvalue weighted by Gasteiger charge is -2.38. The standard InChI is InChI=1S/C60H65F2N11O7/c1-3-43-46(61)9-7-40-28-42(74)30-44(51(40)43)53-52(62)54-45(32-64-53)55(70-21-4-6-36(31-63)14-25-70)67-57(66-54)80-35-60-19-5-22-72(60)41(13-20-60)34-79-59(78)71-26-15-37(16-27-71)33-69-23-17-38(18-24-69)39-8-10-47-49(29-39)68(2)58(77)73(47)48-11-12-50(75)65-56(48)76/h1,7-10,28-30,32,36-38,41,48,74H,4-6,11-27,33-35H2,2H3,(H,65,75,76)/t36?,41-,48?,60-/m0/s1. The first kappa shape index (κ1) is 53.0. The van der Waals surface area contributed by atoms with Crippen LogP contribution in [0.2, 0.25) is 0 Å². The average Bonchev–Trinajstić information content (AvgIpc) is 4.16. The van der Waals surface area contributed by atoms with Gasteiger partial charge in [-0.2, -0.15) is 15.2 Å². The second kappa shape index (κ2) is 21.8. The van der Waals surface area contributed by atoms with Crippen LogP contribution in [0.1, 0.15) is 107 Å². The Kier molecular flexibility index (Phi) is 14.4. The number of phenols is 1. The second-order valence-electron chi connectivity index (χ2n) is 22.9. The predicted octanol–water partition coefficient (Wildman–Crippen LogP) is 7.68. The Morgan fingerprint density at radius 2 is 1.74 bits per heavy atom. The van der Waals surface area contributed by atoms with Gasteiger partial charge in [-0.3, -0.25) is 33.9 Å². The number of benzene rings is 3. The number of hydrogen-bond donors (Lipinski definition) is 2. The van der Waals surface area contributed by atoms with Crippen molar-refractivity contribution in [1.29, 1.82) is 5.26 Å². The van der Waals surface area contributed by atoms with E-state index < -0.39 is 23.6 Å². The maximum absolute atomic E-state index is 17.3. The molecule has 6 aliphatic heterocycles. The van der Waals surface area contributed by atoms with Crippen molar-refractivity contribution in [2.24, 2.45) is 18.9 Å². The van der Waals surface area contributed by atoms with Crippen LogP contribution in [0.3, 0.4) is 0 Å². The fraction of sp³-hybridized carbons (Fsp3) is 0.500. The van der Waals surface area contributed by atoms with Crippen molar-refractivity contribution < 1.29 is 37.7 Å². The number of nitrogens with one attached hydrogen (secondary N) is 1. The van der Waals surface area contributed by atoms with Crippen LogP contribution in [0.4, 0.5) is 19.4 Å². The molecule has 0 saturated carbocycles. The first-order chi connectivity index (χ1) is 38.8. The number of nitrogens with zero attached hydrogens (tertiary/aromatic N) is 10. The number of rotatable bonds is 11. The smallest absolute Gasteiger partial charge is 0.409 e. The topological polar surface area (TPSA) is 204 Å². The van der Waals surface area contributed by atoms with Crippen LogP contribution in [-0.2, 0) is 21.4 Å². The molecule has 18 nitrogen and oxygen atoms in total. The van der Waals surface area contributed by atoms with Crippen LogP contribution in [0.5, 0.6) is 11.8 Å². The number of imidazole rings is 1. The second-order valence-corrected chi connectivity index (χ2v) is 22.9. The van der Waals surface area contributed by atoms with Crippen LogP contribution in [0.15, 0.2) is 53.5 Å². The number of pyridine rings is 1. The number of amides is 3. The molecule has 6 aliphatic rings. The third kappa shape index (κ3) is 9.84. The van der Waals surface area contributed by atoms with Crippen molar-refractivity contribution in [3.63, 3.8) is 0 Å². The van der Waals surface area contributed by atoms with Crippen molar-refractivity contribution in [2.75, 3.05) is 70.5 Å². The fourth-order valence-corrected chi connectivity index (χ4v) is 13.9. The van der Waals surface area contributed by atoms with Gasteiger partial charge >= 0.3 is 17.8 Å². The zero-order valence-electron chi connectivity index (χ0n) is 45.0. The van der Waals surface area contributed by atoms with Gasteiger partial charge in [0.15, 0.2) is 5.82 Å². The quantitative estimate of drug-likeness (QED) is 0.0944. The van der Waals surface area contributed by atoms with E-state index in [0.29, 0.717) is 73.0 Å². The van der Waals surface area contributed by atoms with Crippen LogP contribution in [0.25, 0.3) is 44.0 Å². The molecule has 6 saturated heterocycles. The van der Waals surface area contributed by atoms with E-state index in [2.05, 4.69) is 44.2 Å². The number of nitriles is 1. The van der Waals surface area contributed by atoms with Crippen LogP contribution in [-0.4, -0.2) is 139 Å². The van der Waals surface area contributed by atoms with Crippen LogP contribution < -0.4 is 20.6 Å². The van der Waals surface area contributed by atoms with E-state index in [4.69, 9.17) is 25.9 Å². The lowest BCUT2D eigenvalue weighted by Crippen LogP contribution is -2.48. The Hall–Kier alpha value is -7.68. The number of likely N-dealkylation sites (tertiary alicyclic amines) is 2. The van der Waals surface area contributed by atoms with Gasteiger partial charge in [0.2, 0.25) is 11.8 Å². The van der Waals surface area contributed by atoms with Crippen molar-refractivity contribution in [3.05, 3.63) is 81.9 Å². The van der Waals surface area contributed by atoms with E-state index in [1.54, 1.807) is 11.6 Å². The molecule has 4 atom stereocenters. The first-order valence-corrected chi connectivity index (χ1v) is 28.3. The first-order valence-electron chi connectivity index (χ1n) is 28.3. The normalized spacial score (nSPS) is 23.5. The molecule has 80 heavy (non-hydrogen) atoms. The summed E-state index contributed by atoms with van der Waals surface area (Å²) in [6, 6.07) is 13.2. The SMILES string of the molecule is C#Cc1c(F)ccc2cc(O)cc(-c3ncc4c(N5CCCC(C#N)CC5)nc(OC[C@@]56CCCN5[C@H](COC(=O)N5CCC(CN7CCC(c8ccc9c(c8)n(C)c(=O)n9C8CCC(=O)NC8=O)CC7)CC5)CC6)nc4c3F)c12. The monoisotopic (exact) mass is 1090 g/mol. The highest BCUT2D eigenvalue weighted by molar-refractivity contribution is 6.03. The number of carbonyl (C=O) groups excluding carboxylic acids is 3. The van der Waals surface area contributed by atoms with Gasteiger partial charge in [-0.15, -0.1) is 6.42 Å². The van der Waals surface area contributed by atoms with Gasteiger partial charge in [0.25, 0.3) is 0 Å². The number of imide groups is 1. The predicted molar refractivity (Wildman–Crippen MR) is 295 cm³/mol. The number of ether oxygens (including phenoxy) is 2. The lowest BCUT2D eigenvalue weighted by atomic mass is 9.88. The highest BCUT2D eigenvalue weighted by Gasteiger charge is 2.50. The molecule has 6 fully saturated rings. The summed E-state index contributed by atoms with van der Waals surface area (Å²) in [5, 5.41) is 23.9. The number of anilines is 1. The van der Waals surface area contributed by atoms with Gasteiger partial charge in [0.05, 0.1) is 33.6 Å². The maximum atomic E-state index is 17.3. The van der Waals surface area contributed by atoms with Crippen molar-refractivity contribution in [2.45, 2.75) is 107 Å². The third-order valence-corrected chi connectivity index (χ3v) is 18.3. The average molecular weight is 1090 g/mol. The molecule has 3 amide bonds. The largest absolute Gasteiger partial charge is 0.508 e. The molecule has 12 rings (SSSR count). The number of halogens is 2. The minimum Gasteiger partial charge on any atom is -0.508 e. The molecule has 0 radical (unpaired) electrons. The van der Waals surface area contributed by atoms with Crippen molar-refractivity contribution in [1.82, 2.24) is 44.1 Å². The number of phenolic OH excluding ortho intramolecular Hbond substituents is 1. The summed E-state index contributed by atoms with van der Waals surface area (Å²) in [6.07, 6.45) is 16.7. The number of terminal acetylenes is 1. The fourth-order valence-electron chi connectivity index (χ4n) is 13.9. The molecule has 3 aromatic heterocycles. The molecule has 0 bridgehead atoms. The van der Waals surface area contributed by atoms with Gasteiger partial charge in [0.1, 0.15) is 47.9 Å². The van der Waals surface area contributed by atoms with Crippen LogP contribution >= 0.6 is 0 Å². The van der Waals surface area contributed by atoms with Gasteiger partial charge in [-0.25, -0.2) is 18.4 Å². The molecular weight excluding hydrogens is 1020 g/mol. The maximum Gasteiger partial charge on any atom is 0.409 e. The summed E-state index contributed by atoms with van der Waals surface area (Å²) in [5.74, 6) is 1.13. The zero-order chi connectivity index (χ0) is 55.4. The highest BCUT2D eigenvalue weighted by atomic mass is 19.1. The Morgan fingerprint density at radius 1 is 0.912 bits per heavy atom. The van der Waals surface area contributed by atoms with E-state index in [-0.39, 0.29) is 94.3 Å². The van der Waals surface area contributed by atoms with E-state index in [1.807, 2.05) is 15.9 Å². The number of hydrogen-bond acceptors (Lipinski definition) is 14. The molecule has 6 aromatic rings. The Balaban J connectivity index is 0.667. The van der Waals surface area contributed by atoms with Crippen molar-refractivity contribution in [3.8, 4) is 41.4 Å². The number of aromatic nitrogens is 5. The Morgan fingerprint density at radius 3 is 2.52 bits per heavy atom. The number of aromatic hydroxyl groups is 1. The highest BCUT2D eigenvalue weighted by Crippen LogP contribution is 2.44. The summed E-state index contributed by atoms with van der Waals surface area (Å²) >= 11 is 0. The molecule has 2 N–H and O–H groups in total. The molecular formula is C60H65F2N11O7. The summed E-state index contributed by atoms with van der Waals surface area (Å²) in [5.41, 5.74) is 1.83. The van der Waals surface area contributed by atoms with Gasteiger partial charge in [0, 0.05) is 75.3 Å².